The first-order valence-corrected chi connectivity index (χ1v) is 7.25. The Morgan fingerprint density at radius 2 is 2.05 bits per heavy atom. The minimum Gasteiger partial charge on any atom is -0.306 e. The predicted octanol–water partition coefficient (Wildman–Crippen LogP) is 2.34. The molecule has 2 unspecified atom stereocenters. The molecule has 2 fully saturated rings. The van der Waals surface area contributed by atoms with Crippen LogP contribution in [0.4, 0.5) is 0 Å². The van der Waals surface area contributed by atoms with Gasteiger partial charge in [-0.3, -0.25) is 9.88 Å². The van der Waals surface area contributed by atoms with Crippen molar-refractivity contribution < 1.29 is 0 Å². The van der Waals surface area contributed by atoms with E-state index in [1.807, 2.05) is 0 Å². The van der Waals surface area contributed by atoms with Gasteiger partial charge in [0.05, 0.1) is 17.3 Å². The van der Waals surface area contributed by atoms with Crippen LogP contribution in [0.15, 0.2) is 36.4 Å². The van der Waals surface area contributed by atoms with Crippen LogP contribution in [0.3, 0.4) is 0 Å². The molecule has 0 spiro atoms. The maximum Gasteiger partial charge on any atom is 0.0706 e. The highest BCUT2D eigenvalue weighted by Gasteiger charge is 2.35. The largest absolute Gasteiger partial charge is 0.306 e. The number of piperazine rings is 1. The highest BCUT2D eigenvalue weighted by atomic mass is 15.3. The number of nitrogens with zero attached hydrogens (tertiary/aromatic N) is 2. The Bertz CT molecular complexity index is 595. The van der Waals surface area contributed by atoms with Gasteiger partial charge in [0.1, 0.15) is 0 Å². The molecule has 1 aromatic carbocycles. The Kier molecular flexibility index (Phi) is 2.75. The van der Waals surface area contributed by atoms with Crippen molar-refractivity contribution in [3.63, 3.8) is 0 Å². The Labute approximate surface area is 113 Å². The molecule has 0 aliphatic carbocycles. The summed E-state index contributed by atoms with van der Waals surface area (Å²) in [6.07, 6.45) is 2.63. The number of aromatic nitrogens is 1. The van der Waals surface area contributed by atoms with Crippen LogP contribution in [0.2, 0.25) is 0 Å². The van der Waals surface area contributed by atoms with Crippen LogP contribution >= 0.6 is 0 Å². The second-order valence-electron chi connectivity index (χ2n) is 5.61. The van der Waals surface area contributed by atoms with Gasteiger partial charge in [0.15, 0.2) is 0 Å². The van der Waals surface area contributed by atoms with E-state index in [1.54, 1.807) is 0 Å². The standard InChI is InChI=1S/C16H19N3/c1-2-5-13-12(4-1)7-8-14(18-13)16-15-6-3-10-19(15)11-9-17-16/h1-2,4-5,7-8,15-17H,3,6,9-11H2. The fraction of sp³-hybridized carbons (Fsp3) is 0.438. The van der Waals surface area contributed by atoms with Gasteiger partial charge in [-0.1, -0.05) is 24.3 Å². The van der Waals surface area contributed by atoms with Gasteiger partial charge in [-0.25, -0.2) is 0 Å². The summed E-state index contributed by atoms with van der Waals surface area (Å²) in [5.74, 6) is 0. The maximum atomic E-state index is 4.87. The molecule has 2 saturated heterocycles. The molecule has 19 heavy (non-hydrogen) atoms. The zero-order valence-corrected chi connectivity index (χ0v) is 11.0. The highest BCUT2D eigenvalue weighted by molar-refractivity contribution is 5.78. The Morgan fingerprint density at radius 1 is 1.11 bits per heavy atom. The number of hydrogen-bond donors (Lipinski definition) is 1. The van der Waals surface area contributed by atoms with Crippen molar-refractivity contribution in [2.75, 3.05) is 19.6 Å². The molecule has 3 heterocycles. The summed E-state index contributed by atoms with van der Waals surface area (Å²) in [5, 5.41) is 4.89. The molecule has 2 aromatic rings. The molecule has 2 aliphatic rings. The fourth-order valence-corrected chi connectivity index (χ4v) is 3.56. The number of hydrogen-bond acceptors (Lipinski definition) is 3. The lowest BCUT2D eigenvalue weighted by molar-refractivity contribution is 0.161. The van der Waals surface area contributed by atoms with E-state index in [0.717, 1.165) is 12.1 Å². The van der Waals surface area contributed by atoms with Crippen LogP contribution in [0.1, 0.15) is 24.6 Å². The van der Waals surface area contributed by atoms with Gasteiger partial charge in [0.2, 0.25) is 0 Å². The molecular weight excluding hydrogens is 234 g/mol. The van der Waals surface area contributed by atoms with Gasteiger partial charge in [0, 0.05) is 24.5 Å². The molecule has 0 saturated carbocycles. The van der Waals surface area contributed by atoms with E-state index in [1.165, 1.54) is 37.0 Å². The van der Waals surface area contributed by atoms with Crippen molar-refractivity contribution in [1.29, 1.82) is 0 Å². The molecule has 2 atom stereocenters. The molecule has 0 radical (unpaired) electrons. The van der Waals surface area contributed by atoms with Crippen molar-refractivity contribution in [2.45, 2.75) is 24.9 Å². The third-order valence-electron chi connectivity index (χ3n) is 4.50. The zero-order valence-electron chi connectivity index (χ0n) is 11.0. The van der Waals surface area contributed by atoms with Gasteiger partial charge in [-0.2, -0.15) is 0 Å². The van der Waals surface area contributed by atoms with E-state index >= 15 is 0 Å². The van der Waals surface area contributed by atoms with Crippen LogP contribution in [0.5, 0.6) is 0 Å². The number of nitrogens with one attached hydrogen (secondary N) is 1. The molecule has 98 valence electrons. The molecule has 0 amide bonds. The summed E-state index contributed by atoms with van der Waals surface area (Å²) in [6, 6.07) is 13.8. The number of pyridine rings is 1. The lowest BCUT2D eigenvalue weighted by atomic mass is 9.99. The predicted molar refractivity (Wildman–Crippen MR) is 77.1 cm³/mol. The van der Waals surface area contributed by atoms with Gasteiger partial charge in [-0.15, -0.1) is 0 Å². The van der Waals surface area contributed by atoms with Gasteiger partial charge < -0.3 is 5.32 Å². The topological polar surface area (TPSA) is 28.2 Å². The molecule has 4 rings (SSSR count). The summed E-state index contributed by atoms with van der Waals surface area (Å²) in [6.45, 7) is 3.53. The third-order valence-corrected chi connectivity index (χ3v) is 4.50. The van der Waals surface area contributed by atoms with Crippen molar-refractivity contribution in [2.24, 2.45) is 0 Å². The van der Waals surface area contributed by atoms with E-state index in [-0.39, 0.29) is 0 Å². The number of para-hydroxylation sites is 1. The quantitative estimate of drug-likeness (QED) is 0.845. The minimum atomic E-state index is 0.404. The third kappa shape index (κ3) is 1.94. The van der Waals surface area contributed by atoms with Crippen molar-refractivity contribution >= 4 is 10.9 Å². The van der Waals surface area contributed by atoms with E-state index in [2.05, 4.69) is 46.6 Å². The number of benzene rings is 1. The maximum absolute atomic E-state index is 4.87. The summed E-state index contributed by atoms with van der Waals surface area (Å²) >= 11 is 0. The van der Waals surface area contributed by atoms with Crippen LogP contribution < -0.4 is 5.32 Å². The molecular formula is C16H19N3. The van der Waals surface area contributed by atoms with Crippen LogP contribution in [0, 0.1) is 0 Å². The monoisotopic (exact) mass is 253 g/mol. The molecule has 0 bridgehead atoms. The molecule has 3 heteroatoms. The van der Waals surface area contributed by atoms with E-state index in [9.17, 15) is 0 Å². The lowest BCUT2D eigenvalue weighted by Crippen LogP contribution is -2.50. The second kappa shape index (κ2) is 4.58. The number of fused-ring (bicyclic) bond motifs is 2. The average molecular weight is 253 g/mol. The number of rotatable bonds is 1. The Hall–Kier alpha value is -1.45. The van der Waals surface area contributed by atoms with Crippen LogP contribution in [-0.4, -0.2) is 35.6 Å². The first-order chi connectivity index (χ1) is 9.42. The van der Waals surface area contributed by atoms with E-state index in [0.29, 0.717) is 12.1 Å². The summed E-state index contributed by atoms with van der Waals surface area (Å²) in [7, 11) is 0. The molecule has 2 aliphatic heterocycles. The van der Waals surface area contributed by atoms with Crippen molar-refractivity contribution in [1.82, 2.24) is 15.2 Å². The molecule has 1 N–H and O–H groups in total. The first-order valence-electron chi connectivity index (χ1n) is 7.25. The van der Waals surface area contributed by atoms with Crippen LogP contribution in [-0.2, 0) is 0 Å². The highest BCUT2D eigenvalue weighted by Crippen LogP contribution is 2.31. The van der Waals surface area contributed by atoms with Crippen molar-refractivity contribution in [3.8, 4) is 0 Å². The summed E-state index contributed by atoms with van der Waals surface area (Å²) in [4.78, 5) is 7.49. The summed E-state index contributed by atoms with van der Waals surface area (Å²) < 4.78 is 0. The van der Waals surface area contributed by atoms with E-state index < -0.39 is 0 Å². The SMILES string of the molecule is c1ccc2nc(C3NCCN4CCCC34)ccc2c1. The van der Waals surface area contributed by atoms with Gasteiger partial charge in [0.25, 0.3) is 0 Å². The molecule has 3 nitrogen and oxygen atoms in total. The molecule has 1 aromatic heterocycles. The minimum absolute atomic E-state index is 0.404. The smallest absolute Gasteiger partial charge is 0.0706 e. The summed E-state index contributed by atoms with van der Waals surface area (Å²) in [5.41, 5.74) is 2.31. The van der Waals surface area contributed by atoms with Crippen molar-refractivity contribution in [3.05, 3.63) is 42.1 Å². The van der Waals surface area contributed by atoms with Gasteiger partial charge >= 0.3 is 0 Å². The van der Waals surface area contributed by atoms with E-state index in [4.69, 9.17) is 4.98 Å². The second-order valence-corrected chi connectivity index (χ2v) is 5.61. The van der Waals surface area contributed by atoms with Gasteiger partial charge in [-0.05, 0) is 31.5 Å². The fourth-order valence-electron chi connectivity index (χ4n) is 3.56. The Morgan fingerprint density at radius 3 is 3.05 bits per heavy atom. The normalized spacial score (nSPS) is 27.6. The Balaban J connectivity index is 1.72. The first kappa shape index (κ1) is 11.4. The lowest BCUT2D eigenvalue weighted by Gasteiger charge is -2.37. The zero-order chi connectivity index (χ0) is 12.7. The average Bonchev–Trinajstić information content (AvgIpc) is 2.95. The van der Waals surface area contributed by atoms with Crippen LogP contribution in [0.25, 0.3) is 10.9 Å².